The number of rotatable bonds is 5. The molecular weight excluding hydrogens is 688 g/mol. The summed E-state index contributed by atoms with van der Waals surface area (Å²) < 4.78 is 0. The standard InChI is InChI=1S/C13H8N4.C9H8O2.C8H8N4.C4H4N4.C4H6O2/c1-9-11(10-7-5-4-6-8-10)17-13(15-3)12(14-2)16-9;1-7(10)9(11)8-5-3-2-4-6-8;1-5-6(2)12-8(10-3)7(4-9)11-5;5-1-3(7)4(8)2-6;1-3(5)4(2)6/h4-8H,1H3;2-6H,1H3;3H2,1-2H3;7-8H2;1-2H3/b;;;4-3-;. The topological polar surface area (TPSA) is 264 Å². The van der Waals surface area contributed by atoms with E-state index in [1.54, 1.807) is 44.2 Å². The molecule has 270 valence electrons. The molecule has 54 heavy (non-hydrogen) atoms. The van der Waals surface area contributed by atoms with Crippen molar-refractivity contribution in [3.63, 3.8) is 0 Å². The number of allylic oxidation sites excluding steroid dienone is 2. The number of nitrogens with two attached hydrogens (primary N) is 2. The van der Waals surface area contributed by atoms with Crippen LogP contribution in [0.15, 0.2) is 77.1 Å². The lowest BCUT2D eigenvalue weighted by molar-refractivity contribution is -0.134. The molecule has 4 rings (SSSR count). The SMILES string of the molecule is C=Nc1nc(C)c(C)nc1C#N.CC(=O)C(=O)c1ccccc1.CC(=O)C(C)=O.N#C/C(N)=C(/N)C#N.[C-]#[N+]c1nc(C)c(-c2ccccc2)nc1[N+]#[C-]. The monoisotopic (exact) mass is 722 g/mol. The van der Waals surface area contributed by atoms with Crippen molar-refractivity contribution in [2.45, 2.75) is 41.5 Å². The van der Waals surface area contributed by atoms with E-state index in [-0.39, 0.29) is 40.3 Å². The molecule has 0 aliphatic carbocycles. The van der Waals surface area contributed by atoms with Gasteiger partial charge in [0.2, 0.25) is 11.5 Å². The predicted octanol–water partition coefficient (Wildman–Crippen LogP) is 5.64. The van der Waals surface area contributed by atoms with Gasteiger partial charge >= 0.3 is 0 Å². The van der Waals surface area contributed by atoms with Gasteiger partial charge in [-0.05, 0) is 20.6 Å². The van der Waals surface area contributed by atoms with Gasteiger partial charge in [0.15, 0.2) is 34.6 Å². The van der Waals surface area contributed by atoms with Crippen molar-refractivity contribution in [2.75, 3.05) is 0 Å². The lowest BCUT2D eigenvalue weighted by Crippen LogP contribution is -2.08. The third-order valence-corrected chi connectivity index (χ3v) is 6.22. The van der Waals surface area contributed by atoms with Crippen molar-refractivity contribution in [2.24, 2.45) is 16.5 Å². The van der Waals surface area contributed by atoms with Gasteiger partial charge < -0.3 is 21.2 Å². The van der Waals surface area contributed by atoms with E-state index < -0.39 is 11.6 Å². The Labute approximate surface area is 312 Å². The first kappa shape index (κ1) is 45.7. The molecule has 4 aromatic rings. The van der Waals surface area contributed by atoms with Crippen LogP contribution in [0.4, 0.5) is 17.5 Å². The quantitative estimate of drug-likeness (QED) is 0.0831. The molecule has 16 heteroatoms. The van der Waals surface area contributed by atoms with E-state index in [4.69, 9.17) is 40.4 Å². The second-order valence-electron chi connectivity index (χ2n) is 10.1. The van der Waals surface area contributed by atoms with Crippen LogP contribution >= 0.6 is 0 Å². The zero-order valence-electron chi connectivity index (χ0n) is 30.2. The Morgan fingerprint density at radius 3 is 1.52 bits per heavy atom. The van der Waals surface area contributed by atoms with Crippen molar-refractivity contribution in [3.8, 4) is 29.5 Å². The average Bonchev–Trinajstić information content (AvgIpc) is 3.19. The predicted molar refractivity (Wildman–Crippen MR) is 200 cm³/mol. The van der Waals surface area contributed by atoms with Gasteiger partial charge in [0.1, 0.15) is 29.6 Å². The van der Waals surface area contributed by atoms with Crippen LogP contribution in [0.1, 0.15) is 53.9 Å². The van der Waals surface area contributed by atoms with E-state index in [1.165, 1.54) is 32.9 Å². The highest BCUT2D eigenvalue weighted by molar-refractivity contribution is 6.42. The number of Topliss-reactive ketones (excluding diaryl/α,β-unsaturated/α-hetero) is 4. The number of carbonyl (C=O) groups is 4. The fraction of sp³-hybridized carbons (Fsp3) is 0.158. The summed E-state index contributed by atoms with van der Waals surface area (Å²) >= 11 is 0. The van der Waals surface area contributed by atoms with Crippen LogP contribution in [0.2, 0.25) is 0 Å². The zero-order valence-corrected chi connectivity index (χ0v) is 30.2. The minimum atomic E-state index is -0.425. The van der Waals surface area contributed by atoms with Gasteiger partial charge in [-0.3, -0.25) is 19.2 Å². The molecule has 0 amide bonds. The third kappa shape index (κ3) is 15.5. The lowest BCUT2D eigenvalue weighted by Gasteiger charge is -2.00. The largest absolute Gasteiger partial charge is 0.388 e. The van der Waals surface area contributed by atoms with Crippen LogP contribution in [0, 0.1) is 67.9 Å². The Morgan fingerprint density at radius 1 is 0.685 bits per heavy atom. The van der Waals surface area contributed by atoms with Gasteiger partial charge in [0.25, 0.3) is 11.6 Å². The van der Waals surface area contributed by atoms with Crippen LogP contribution in [0.5, 0.6) is 0 Å². The van der Waals surface area contributed by atoms with E-state index in [0.29, 0.717) is 22.8 Å². The number of aryl methyl sites for hydroxylation is 3. The molecule has 0 aliphatic heterocycles. The molecule has 0 bridgehead atoms. The van der Waals surface area contributed by atoms with Crippen molar-refractivity contribution >= 4 is 47.3 Å². The molecule has 0 fully saturated rings. The fourth-order valence-electron chi connectivity index (χ4n) is 3.21. The lowest BCUT2D eigenvalue weighted by atomic mass is 10.1. The van der Waals surface area contributed by atoms with Crippen molar-refractivity contribution in [1.82, 2.24) is 19.9 Å². The van der Waals surface area contributed by atoms with Gasteiger partial charge in [-0.2, -0.15) is 15.8 Å². The zero-order chi connectivity index (χ0) is 41.4. The molecule has 0 spiro atoms. The molecule has 0 atom stereocenters. The Hall–Kier alpha value is -8.26. The average molecular weight is 723 g/mol. The first-order valence-corrected chi connectivity index (χ1v) is 15.1. The highest BCUT2D eigenvalue weighted by atomic mass is 16.2. The second-order valence-corrected chi connectivity index (χ2v) is 10.1. The van der Waals surface area contributed by atoms with E-state index in [1.807, 2.05) is 43.3 Å². The number of nitriles is 3. The number of nitrogens with zero attached hydrogens (tertiary/aromatic N) is 10. The van der Waals surface area contributed by atoms with Crippen LogP contribution < -0.4 is 11.5 Å². The number of hydrogen-bond donors (Lipinski definition) is 2. The Kier molecular flexibility index (Phi) is 20.3. The van der Waals surface area contributed by atoms with Crippen molar-refractivity contribution in [1.29, 1.82) is 15.8 Å². The highest BCUT2D eigenvalue weighted by Gasteiger charge is 2.17. The molecule has 2 aromatic heterocycles. The molecule has 16 nitrogen and oxygen atoms in total. The minimum absolute atomic E-state index is 0.0597. The van der Waals surface area contributed by atoms with E-state index >= 15 is 0 Å². The minimum Gasteiger partial charge on any atom is -0.388 e. The Morgan fingerprint density at radius 2 is 1.13 bits per heavy atom. The summed E-state index contributed by atoms with van der Waals surface area (Å²) in [5.74, 6) is -1.17. The third-order valence-electron chi connectivity index (χ3n) is 6.22. The maximum Gasteiger partial charge on any atom is 0.294 e. The first-order valence-electron chi connectivity index (χ1n) is 15.1. The molecule has 0 saturated heterocycles. The van der Waals surface area contributed by atoms with Gasteiger partial charge in [-0.15, -0.1) is 9.97 Å². The summed E-state index contributed by atoms with van der Waals surface area (Å²) in [6.07, 6.45) is 0. The number of benzene rings is 2. The van der Waals surface area contributed by atoms with E-state index in [9.17, 15) is 19.2 Å². The summed E-state index contributed by atoms with van der Waals surface area (Å²) in [6.45, 7) is 26.4. The number of aromatic nitrogens is 4. The highest BCUT2D eigenvalue weighted by Crippen LogP contribution is 2.29. The van der Waals surface area contributed by atoms with E-state index in [0.717, 1.165) is 17.0 Å². The van der Waals surface area contributed by atoms with Crippen molar-refractivity contribution in [3.05, 3.63) is 123 Å². The number of carbonyl (C=O) groups excluding carboxylic acids is 4. The van der Waals surface area contributed by atoms with Crippen LogP contribution in [-0.2, 0) is 14.4 Å². The number of ketones is 4. The summed E-state index contributed by atoms with van der Waals surface area (Å²) in [5, 5.41) is 24.6. The van der Waals surface area contributed by atoms with Gasteiger partial charge in [0, 0.05) is 38.8 Å². The van der Waals surface area contributed by atoms with Crippen LogP contribution in [0.3, 0.4) is 0 Å². The maximum atomic E-state index is 11.0. The molecule has 0 saturated carbocycles. The van der Waals surface area contributed by atoms with Gasteiger partial charge in [-0.25, -0.2) is 15.0 Å². The maximum absolute atomic E-state index is 11.0. The summed E-state index contributed by atoms with van der Waals surface area (Å²) in [4.78, 5) is 67.6. The summed E-state index contributed by atoms with van der Waals surface area (Å²) in [5.41, 5.74) is 13.8. The molecule has 0 unspecified atom stereocenters. The molecule has 2 aromatic carbocycles. The summed E-state index contributed by atoms with van der Waals surface area (Å²) in [7, 11) is 0. The smallest absolute Gasteiger partial charge is 0.294 e. The Bertz CT molecular complexity index is 2220. The fourth-order valence-corrected chi connectivity index (χ4v) is 3.21. The molecule has 0 aliphatic rings. The second kappa shape index (κ2) is 24.0. The Balaban J connectivity index is 0.000000681. The molecule has 0 radical (unpaired) electrons. The van der Waals surface area contributed by atoms with Crippen LogP contribution in [-0.4, -0.2) is 49.8 Å². The van der Waals surface area contributed by atoms with Gasteiger partial charge in [-0.1, -0.05) is 73.8 Å². The summed E-state index contributed by atoms with van der Waals surface area (Å²) in [6, 6.07) is 23.0. The van der Waals surface area contributed by atoms with Crippen molar-refractivity contribution < 1.29 is 19.2 Å². The number of hydrogen-bond acceptors (Lipinski definition) is 14. The normalized spacial score (nSPS) is 9.28. The van der Waals surface area contributed by atoms with E-state index in [2.05, 4.69) is 41.3 Å². The molecular formula is C38H34N12O4. The molecule has 4 N–H and O–H groups in total. The van der Waals surface area contributed by atoms with Gasteiger partial charge in [0.05, 0.1) is 11.4 Å². The van der Waals surface area contributed by atoms with Crippen LogP contribution in [0.25, 0.3) is 20.9 Å². The molecule has 2 heterocycles. The number of aliphatic imine (C=N–C) groups is 1. The first-order chi connectivity index (χ1) is 25.5.